The van der Waals surface area contributed by atoms with Gasteiger partial charge in [0.25, 0.3) is 0 Å². The molecule has 2 heterocycles. The van der Waals surface area contributed by atoms with Gasteiger partial charge in [-0.3, -0.25) is 19.2 Å². The second kappa shape index (κ2) is 8.70. The van der Waals surface area contributed by atoms with E-state index >= 15 is 0 Å². The van der Waals surface area contributed by atoms with Crippen LogP contribution in [0.5, 0.6) is 5.75 Å². The summed E-state index contributed by atoms with van der Waals surface area (Å²) in [5.74, 6) is -1.75. The van der Waals surface area contributed by atoms with Crippen molar-refractivity contribution in [1.29, 1.82) is 0 Å². The van der Waals surface area contributed by atoms with E-state index in [1.54, 1.807) is 29.2 Å². The molecule has 3 fully saturated rings. The number of amides is 3. The summed E-state index contributed by atoms with van der Waals surface area (Å²) in [7, 11) is 0. The van der Waals surface area contributed by atoms with Crippen LogP contribution in [0.25, 0.3) is 0 Å². The van der Waals surface area contributed by atoms with Gasteiger partial charge in [-0.1, -0.05) is 31.0 Å². The van der Waals surface area contributed by atoms with E-state index in [1.807, 2.05) is 32.0 Å². The maximum absolute atomic E-state index is 12.9. The van der Waals surface area contributed by atoms with E-state index in [4.69, 9.17) is 4.74 Å². The molecule has 0 radical (unpaired) electrons. The number of esters is 1. The molecule has 7 nitrogen and oxygen atoms in total. The van der Waals surface area contributed by atoms with E-state index in [0.717, 1.165) is 42.5 Å². The van der Waals surface area contributed by atoms with E-state index < -0.39 is 11.9 Å². The smallest absolute Gasteiger partial charge is 0.316 e. The largest absolute Gasteiger partial charge is 0.426 e. The molecule has 2 aromatic carbocycles. The van der Waals surface area contributed by atoms with Crippen LogP contribution in [0.3, 0.4) is 0 Å². The van der Waals surface area contributed by atoms with E-state index in [2.05, 4.69) is 0 Å². The van der Waals surface area contributed by atoms with Crippen LogP contribution in [-0.4, -0.2) is 30.2 Å². The van der Waals surface area contributed by atoms with Crippen molar-refractivity contribution in [2.24, 2.45) is 17.8 Å². The van der Waals surface area contributed by atoms with Crippen LogP contribution in [0.2, 0.25) is 0 Å². The zero-order chi connectivity index (χ0) is 24.0. The van der Waals surface area contributed by atoms with Crippen molar-refractivity contribution in [3.8, 4) is 5.75 Å². The quantitative estimate of drug-likeness (QED) is 0.392. The molecular weight excluding hydrogens is 432 g/mol. The Morgan fingerprint density at radius 3 is 2.35 bits per heavy atom. The summed E-state index contributed by atoms with van der Waals surface area (Å²) >= 11 is 0. The fraction of sp³-hybridized carbons (Fsp3) is 0.407. The molecule has 2 aromatic rings. The van der Waals surface area contributed by atoms with E-state index in [0.29, 0.717) is 5.69 Å². The summed E-state index contributed by atoms with van der Waals surface area (Å²) in [5, 5.41) is 0. The van der Waals surface area contributed by atoms with Crippen LogP contribution in [-0.2, 0) is 19.2 Å². The molecule has 0 unspecified atom stereocenters. The van der Waals surface area contributed by atoms with Crippen LogP contribution < -0.4 is 14.5 Å². The van der Waals surface area contributed by atoms with Gasteiger partial charge >= 0.3 is 5.97 Å². The van der Waals surface area contributed by atoms with Crippen molar-refractivity contribution < 1.29 is 23.9 Å². The van der Waals surface area contributed by atoms with Gasteiger partial charge in [-0.05, 0) is 56.0 Å². The first-order valence-electron chi connectivity index (χ1n) is 11.9. The molecule has 2 aliphatic heterocycles. The number of rotatable bonds is 4. The highest BCUT2D eigenvalue weighted by Gasteiger charge is 2.48. The first-order chi connectivity index (χ1) is 16.3. The van der Waals surface area contributed by atoms with E-state index in [1.165, 1.54) is 4.90 Å². The highest BCUT2D eigenvalue weighted by atomic mass is 16.5. The highest BCUT2D eigenvalue weighted by molar-refractivity contribution is 6.22. The summed E-state index contributed by atoms with van der Waals surface area (Å²) in [5.41, 5.74) is 3.26. The topological polar surface area (TPSA) is 84.0 Å². The average Bonchev–Trinajstić information content (AvgIpc) is 3.33. The third kappa shape index (κ3) is 3.89. The second-order valence-electron chi connectivity index (χ2n) is 9.62. The lowest BCUT2D eigenvalue weighted by Crippen LogP contribution is -2.31. The summed E-state index contributed by atoms with van der Waals surface area (Å²) in [6.07, 6.45) is 3.49. The molecule has 34 heavy (non-hydrogen) atoms. The number of carbonyl (C=O) groups is 4. The predicted molar refractivity (Wildman–Crippen MR) is 126 cm³/mol. The predicted octanol–water partition coefficient (Wildman–Crippen LogP) is 3.94. The fourth-order valence-electron chi connectivity index (χ4n) is 5.41. The fourth-order valence-corrected chi connectivity index (χ4v) is 5.41. The zero-order valence-electron chi connectivity index (χ0n) is 19.5. The zero-order valence-corrected chi connectivity index (χ0v) is 19.5. The number of ether oxygens (including phenoxy) is 1. The molecule has 1 saturated carbocycles. The first kappa shape index (κ1) is 22.3. The number of hydrogen-bond donors (Lipinski definition) is 0. The number of imide groups is 1. The van der Waals surface area contributed by atoms with Gasteiger partial charge in [0.1, 0.15) is 5.75 Å². The van der Waals surface area contributed by atoms with Crippen molar-refractivity contribution in [3.05, 3.63) is 53.6 Å². The normalized spacial score (nSPS) is 24.5. The average molecular weight is 461 g/mol. The molecule has 176 valence electrons. The van der Waals surface area contributed by atoms with Crippen LogP contribution in [0.15, 0.2) is 42.5 Å². The van der Waals surface area contributed by atoms with Gasteiger partial charge in [-0.2, -0.15) is 0 Å². The van der Waals surface area contributed by atoms with Crippen molar-refractivity contribution in [2.75, 3.05) is 16.3 Å². The SMILES string of the molecule is Cc1ccc(C)c(N2C[C@H](C(=O)Oc3cccc(N4C(=O)[C@H]5CCCC[C@H]5C4=O)c3)CC2=O)c1. The van der Waals surface area contributed by atoms with Gasteiger partial charge in [0, 0.05) is 24.7 Å². The minimum absolute atomic E-state index is 0.0817. The Bertz CT molecular complexity index is 1170. The Kier molecular flexibility index (Phi) is 5.71. The first-order valence-corrected chi connectivity index (χ1v) is 11.9. The van der Waals surface area contributed by atoms with Crippen molar-refractivity contribution in [1.82, 2.24) is 0 Å². The number of anilines is 2. The lowest BCUT2D eigenvalue weighted by Gasteiger charge is -2.19. The Morgan fingerprint density at radius 2 is 1.65 bits per heavy atom. The molecule has 0 spiro atoms. The van der Waals surface area contributed by atoms with Gasteiger partial charge < -0.3 is 9.64 Å². The number of nitrogens with zero attached hydrogens (tertiary/aromatic N) is 2. The molecule has 7 heteroatoms. The number of aryl methyl sites for hydroxylation is 2. The lowest BCUT2D eigenvalue weighted by molar-refractivity contribution is -0.139. The molecule has 0 N–H and O–H groups in total. The maximum atomic E-state index is 12.9. The molecular formula is C27H28N2O5. The Hall–Kier alpha value is -3.48. The Balaban J connectivity index is 1.30. The van der Waals surface area contributed by atoms with Crippen molar-refractivity contribution >= 4 is 35.1 Å². The lowest BCUT2D eigenvalue weighted by atomic mass is 9.81. The summed E-state index contributed by atoms with van der Waals surface area (Å²) in [6.45, 7) is 4.16. The van der Waals surface area contributed by atoms with Gasteiger partial charge in [0.15, 0.2) is 0 Å². The second-order valence-corrected chi connectivity index (χ2v) is 9.62. The molecule has 3 atom stereocenters. The molecule has 0 aromatic heterocycles. The molecule has 1 aliphatic carbocycles. The van der Waals surface area contributed by atoms with E-state index in [-0.39, 0.29) is 48.3 Å². The standard InChI is InChI=1S/C27H28N2O5/c1-16-10-11-17(2)23(12-16)28-15-18(13-24(28)30)27(33)34-20-7-5-6-19(14-20)29-25(31)21-8-3-4-9-22(21)26(29)32/h5-7,10-12,14,18,21-22H,3-4,8-9,13,15H2,1-2H3/t18-,21-,22+/m1/s1. The highest BCUT2D eigenvalue weighted by Crippen LogP contribution is 2.40. The Labute approximate surface area is 198 Å². The van der Waals surface area contributed by atoms with Crippen LogP contribution in [0, 0.1) is 31.6 Å². The number of carbonyl (C=O) groups excluding carboxylic acids is 4. The van der Waals surface area contributed by atoms with Crippen molar-refractivity contribution in [2.45, 2.75) is 46.0 Å². The summed E-state index contributed by atoms with van der Waals surface area (Å²) < 4.78 is 5.61. The molecule has 0 bridgehead atoms. The molecule has 3 amide bonds. The Morgan fingerprint density at radius 1 is 0.941 bits per heavy atom. The van der Waals surface area contributed by atoms with Crippen LogP contribution in [0.1, 0.15) is 43.2 Å². The number of fused-ring (bicyclic) bond motifs is 1. The van der Waals surface area contributed by atoms with Crippen LogP contribution in [0.4, 0.5) is 11.4 Å². The van der Waals surface area contributed by atoms with E-state index in [9.17, 15) is 19.2 Å². The number of benzene rings is 2. The number of hydrogen-bond acceptors (Lipinski definition) is 5. The minimum atomic E-state index is -0.589. The van der Waals surface area contributed by atoms with Crippen molar-refractivity contribution in [3.63, 3.8) is 0 Å². The molecule has 2 saturated heterocycles. The monoisotopic (exact) mass is 460 g/mol. The third-order valence-corrected chi connectivity index (χ3v) is 7.25. The molecule has 5 rings (SSSR count). The minimum Gasteiger partial charge on any atom is -0.426 e. The van der Waals surface area contributed by atoms with Gasteiger partial charge in [-0.25, -0.2) is 4.90 Å². The maximum Gasteiger partial charge on any atom is 0.316 e. The third-order valence-electron chi connectivity index (χ3n) is 7.25. The van der Waals surface area contributed by atoms with Gasteiger partial charge in [0.2, 0.25) is 17.7 Å². The van der Waals surface area contributed by atoms with Crippen LogP contribution >= 0.6 is 0 Å². The summed E-state index contributed by atoms with van der Waals surface area (Å²) in [4.78, 5) is 54.3. The van der Waals surface area contributed by atoms with Gasteiger partial charge in [-0.15, -0.1) is 0 Å². The van der Waals surface area contributed by atoms with Gasteiger partial charge in [0.05, 0.1) is 23.4 Å². The molecule has 3 aliphatic rings. The summed E-state index contributed by atoms with van der Waals surface area (Å²) in [6, 6.07) is 12.4.